The number of ether oxygens (including phenoxy) is 2. The summed E-state index contributed by atoms with van der Waals surface area (Å²) in [5.41, 5.74) is 0. The Labute approximate surface area is 141 Å². The van der Waals surface area contributed by atoms with E-state index >= 15 is 0 Å². The average Bonchev–Trinajstić information content (AvgIpc) is 2.58. The largest absolute Gasteiger partial charge is 0.466 e. The molecule has 4 heteroatoms. The van der Waals surface area contributed by atoms with Gasteiger partial charge in [-0.3, -0.25) is 9.59 Å². The quantitative estimate of drug-likeness (QED) is 0.382. The van der Waals surface area contributed by atoms with E-state index in [2.05, 4.69) is 6.92 Å². The summed E-state index contributed by atoms with van der Waals surface area (Å²) in [6, 6.07) is 0. The Morgan fingerprint density at radius 3 is 2.13 bits per heavy atom. The van der Waals surface area contributed by atoms with Crippen molar-refractivity contribution in [3.8, 4) is 0 Å². The Kier molecular flexibility index (Phi) is 11.6. The molecule has 0 spiro atoms. The number of unbranched alkanes of at least 4 members (excludes halogenated alkanes) is 5. The van der Waals surface area contributed by atoms with Crippen molar-refractivity contribution in [2.24, 2.45) is 5.92 Å². The number of esters is 2. The van der Waals surface area contributed by atoms with Crippen LogP contribution in [0.5, 0.6) is 0 Å². The molecule has 0 N–H and O–H groups in total. The Morgan fingerprint density at radius 1 is 0.826 bits per heavy atom. The van der Waals surface area contributed by atoms with E-state index in [0.717, 1.165) is 25.7 Å². The standard InChI is InChI=1S/C19H34O4/c1-2-3-4-5-6-10-15-22-18(20)13-14-19(21)23-16-17-11-8-7-9-12-17/h17H,2-16H2,1H3. The monoisotopic (exact) mass is 326 g/mol. The van der Waals surface area contributed by atoms with Crippen molar-refractivity contribution in [2.45, 2.75) is 90.4 Å². The van der Waals surface area contributed by atoms with Crippen molar-refractivity contribution in [1.82, 2.24) is 0 Å². The summed E-state index contributed by atoms with van der Waals surface area (Å²) in [7, 11) is 0. The molecule has 134 valence electrons. The first-order valence-electron chi connectivity index (χ1n) is 9.53. The van der Waals surface area contributed by atoms with Crippen molar-refractivity contribution < 1.29 is 19.1 Å². The maximum Gasteiger partial charge on any atom is 0.306 e. The normalized spacial score (nSPS) is 15.3. The van der Waals surface area contributed by atoms with Gasteiger partial charge in [-0.1, -0.05) is 58.3 Å². The van der Waals surface area contributed by atoms with E-state index in [1.807, 2.05) is 0 Å². The van der Waals surface area contributed by atoms with E-state index in [-0.39, 0.29) is 24.8 Å². The van der Waals surface area contributed by atoms with Crippen molar-refractivity contribution in [3.05, 3.63) is 0 Å². The van der Waals surface area contributed by atoms with Gasteiger partial charge in [0.05, 0.1) is 26.1 Å². The lowest BCUT2D eigenvalue weighted by molar-refractivity contribution is -0.151. The van der Waals surface area contributed by atoms with Crippen LogP contribution in [-0.2, 0) is 19.1 Å². The molecule has 0 heterocycles. The first-order chi connectivity index (χ1) is 11.2. The smallest absolute Gasteiger partial charge is 0.306 e. The van der Waals surface area contributed by atoms with Crippen LogP contribution in [0.4, 0.5) is 0 Å². The number of carbonyl (C=O) groups excluding carboxylic acids is 2. The van der Waals surface area contributed by atoms with Gasteiger partial charge in [-0.05, 0) is 25.2 Å². The van der Waals surface area contributed by atoms with Crippen LogP contribution in [0, 0.1) is 5.92 Å². The third-order valence-corrected chi connectivity index (χ3v) is 4.50. The predicted octanol–water partition coefficient (Wildman–Crippen LogP) is 4.79. The van der Waals surface area contributed by atoms with E-state index in [1.54, 1.807) is 0 Å². The van der Waals surface area contributed by atoms with Gasteiger partial charge in [0, 0.05) is 0 Å². The van der Waals surface area contributed by atoms with Crippen LogP contribution in [0.2, 0.25) is 0 Å². The highest BCUT2D eigenvalue weighted by atomic mass is 16.5. The van der Waals surface area contributed by atoms with Crippen molar-refractivity contribution in [2.75, 3.05) is 13.2 Å². The van der Waals surface area contributed by atoms with Crippen molar-refractivity contribution in [3.63, 3.8) is 0 Å². The lowest BCUT2D eigenvalue weighted by Crippen LogP contribution is -2.17. The van der Waals surface area contributed by atoms with Crippen LogP contribution in [-0.4, -0.2) is 25.2 Å². The van der Waals surface area contributed by atoms with E-state index in [0.29, 0.717) is 19.1 Å². The highest BCUT2D eigenvalue weighted by molar-refractivity contribution is 5.77. The van der Waals surface area contributed by atoms with Gasteiger partial charge >= 0.3 is 11.9 Å². The zero-order valence-corrected chi connectivity index (χ0v) is 14.8. The first kappa shape index (κ1) is 20.0. The molecule has 23 heavy (non-hydrogen) atoms. The fourth-order valence-corrected chi connectivity index (χ4v) is 2.98. The zero-order chi connectivity index (χ0) is 16.8. The van der Waals surface area contributed by atoms with E-state index < -0.39 is 0 Å². The van der Waals surface area contributed by atoms with Crippen LogP contribution >= 0.6 is 0 Å². The van der Waals surface area contributed by atoms with Gasteiger partial charge in [0.25, 0.3) is 0 Å². The number of hydrogen-bond acceptors (Lipinski definition) is 4. The maximum absolute atomic E-state index is 11.6. The molecule has 0 radical (unpaired) electrons. The summed E-state index contributed by atoms with van der Waals surface area (Å²) in [5, 5.41) is 0. The van der Waals surface area contributed by atoms with Gasteiger partial charge in [0.15, 0.2) is 0 Å². The van der Waals surface area contributed by atoms with Gasteiger partial charge < -0.3 is 9.47 Å². The second-order valence-electron chi connectivity index (χ2n) is 6.68. The van der Waals surface area contributed by atoms with E-state index in [9.17, 15) is 9.59 Å². The lowest BCUT2D eigenvalue weighted by Gasteiger charge is -2.20. The SMILES string of the molecule is CCCCCCCCOC(=O)CCC(=O)OCC1CCCCC1. The molecule has 0 aromatic rings. The van der Waals surface area contributed by atoms with Gasteiger partial charge in [-0.25, -0.2) is 0 Å². The van der Waals surface area contributed by atoms with E-state index in [1.165, 1.54) is 44.9 Å². The number of rotatable bonds is 12. The molecule has 0 amide bonds. The summed E-state index contributed by atoms with van der Waals surface area (Å²) in [5.74, 6) is -0.0346. The molecule has 0 aromatic carbocycles. The number of carbonyl (C=O) groups is 2. The first-order valence-corrected chi connectivity index (χ1v) is 9.53. The lowest BCUT2D eigenvalue weighted by atomic mass is 9.90. The molecule has 0 bridgehead atoms. The summed E-state index contributed by atoms with van der Waals surface area (Å²) in [6.45, 7) is 3.19. The molecule has 1 aliphatic rings. The van der Waals surface area contributed by atoms with Crippen LogP contribution < -0.4 is 0 Å². The molecule has 0 unspecified atom stereocenters. The Morgan fingerprint density at radius 2 is 1.43 bits per heavy atom. The second-order valence-corrected chi connectivity index (χ2v) is 6.68. The maximum atomic E-state index is 11.6. The summed E-state index contributed by atoms with van der Waals surface area (Å²) >= 11 is 0. The third-order valence-electron chi connectivity index (χ3n) is 4.50. The third kappa shape index (κ3) is 11.2. The second kappa shape index (κ2) is 13.4. The molecule has 0 atom stereocenters. The van der Waals surface area contributed by atoms with Gasteiger partial charge in [0.2, 0.25) is 0 Å². The van der Waals surface area contributed by atoms with Crippen molar-refractivity contribution >= 4 is 11.9 Å². The average molecular weight is 326 g/mol. The Balaban J connectivity index is 1.92. The Hall–Kier alpha value is -1.06. The molecule has 1 saturated carbocycles. The predicted molar refractivity (Wildman–Crippen MR) is 91.1 cm³/mol. The summed E-state index contributed by atoms with van der Waals surface area (Å²) in [6.07, 6.45) is 13.4. The van der Waals surface area contributed by atoms with E-state index in [4.69, 9.17) is 9.47 Å². The zero-order valence-electron chi connectivity index (χ0n) is 14.8. The molecular formula is C19H34O4. The van der Waals surface area contributed by atoms with Crippen molar-refractivity contribution in [1.29, 1.82) is 0 Å². The molecular weight excluding hydrogens is 292 g/mol. The van der Waals surface area contributed by atoms with Crippen LogP contribution in [0.1, 0.15) is 90.4 Å². The minimum absolute atomic E-state index is 0.138. The van der Waals surface area contributed by atoms with Crippen LogP contribution in [0.15, 0.2) is 0 Å². The minimum Gasteiger partial charge on any atom is -0.466 e. The minimum atomic E-state index is -0.284. The Bertz CT molecular complexity index is 321. The fraction of sp³-hybridized carbons (Fsp3) is 0.895. The number of hydrogen-bond donors (Lipinski definition) is 0. The molecule has 1 fully saturated rings. The molecule has 1 aliphatic carbocycles. The molecule has 0 aromatic heterocycles. The van der Waals surface area contributed by atoms with Crippen LogP contribution in [0.25, 0.3) is 0 Å². The van der Waals surface area contributed by atoms with Gasteiger partial charge in [0.1, 0.15) is 0 Å². The van der Waals surface area contributed by atoms with Crippen LogP contribution in [0.3, 0.4) is 0 Å². The molecule has 0 aliphatic heterocycles. The molecule has 4 nitrogen and oxygen atoms in total. The summed E-state index contributed by atoms with van der Waals surface area (Å²) < 4.78 is 10.4. The highest BCUT2D eigenvalue weighted by Gasteiger charge is 2.16. The fourth-order valence-electron chi connectivity index (χ4n) is 2.98. The molecule has 0 saturated heterocycles. The summed E-state index contributed by atoms with van der Waals surface area (Å²) in [4.78, 5) is 23.2. The van der Waals surface area contributed by atoms with Gasteiger partial charge in [-0.15, -0.1) is 0 Å². The topological polar surface area (TPSA) is 52.6 Å². The highest BCUT2D eigenvalue weighted by Crippen LogP contribution is 2.23. The molecule has 1 rings (SSSR count). The van der Waals surface area contributed by atoms with Gasteiger partial charge in [-0.2, -0.15) is 0 Å².